The number of fused-ring (bicyclic) bond motifs is 1. The Morgan fingerprint density at radius 3 is 2.61 bits per heavy atom. The SMILES string of the molecule is C/C=S(/NC(=O)C1(NC(=O)[C@@H]2CC(Oc3cc(OC(C)C)nc4c(C)c(OC)ccc34)CN2C(=O)CNO)CC1/C=C\CCCCC)C1(C)CC1. The van der Waals surface area contributed by atoms with E-state index in [-0.39, 0.29) is 42.2 Å². The lowest BCUT2D eigenvalue weighted by Gasteiger charge is -2.27. The molecule has 13 heteroatoms. The minimum absolute atomic E-state index is 0.0490. The number of pyridine rings is 1. The van der Waals surface area contributed by atoms with Crippen LogP contribution in [0.3, 0.4) is 0 Å². The van der Waals surface area contributed by atoms with E-state index < -0.39 is 40.2 Å². The number of hydrogen-bond donors (Lipinski definition) is 4. The number of hydrogen-bond acceptors (Lipinski definition) is 9. The normalized spacial score (nSPS) is 24.2. The molecule has 2 aliphatic carbocycles. The van der Waals surface area contributed by atoms with E-state index in [9.17, 15) is 19.6 Å². The molecule has 2 heterocycles. The molecule has 5 atom stereocenters. The number of allylic oxidation sites excluding steroid dienone is 1. The predicted molar refractivity (Wildman–Crippen MR) is 200 cm³/mol. The topological polar surface area (TPSA) is 151 Å². The maximum absolute atomic E-state index is 14.3. The molecule has 51 heavy (non-hydrogen) atoms. The van der Waals surface area contributed by atoms with Crippen LogP contribution in [0.1, 0.15) is 91.5 Å². The molecule has 0 spiro atoms. The number of aromatic nitrogens is 1. The summed E-state index contributed by atoms with van der Waals surface area (Å²) >= 11 is 0. The number of carbonyl (C=O) groups excluding carboxylic acids is 3. The van der Waals surface area contributed by atoms with Crippen molar-refractivity contribution in [2.24, 2.45) is 5.92 Å². The van der Waals surface area contributed by atoms with Crippen LogP contribution in [0.15, 0.2) is 30.4 Å². The number of unbranched alkanes of at least 4 members (excludes halogenated alkanes) is 3. The van der Waals surface area contributed by atoms with Gasteiger partial charge in [-0.3, -0.25) is 14.4 Å². The molecule has 2 saturated carbocycles. The van der Waals surface area contributed by atoms with E-state index >= 15 is 0 Å². The fourth-order valence-electron chi connectivity index (χ4n) is 6.84. The highest BCUT2D eigenvalue weighted by molar-refractivity contribution is 8.15. The van der Waals surface area contributed by atoms with Crippen molar-refractivity contribution in [3.63, 3.8) is 0 Å². The zero-order valence-electron chi connectivity index (χ0n) is 31.0. The highest BCUT2D eigenvalue weighted by atomic mass is 32.2. The average Bonchev–Trinajstić information content (AvgIpc) is 3.97. The van der Waals surface area contributed by atoms with Gasteiger partial charge in [-0.25, -0.2) is 4.98 Å². The van der Waals surface area contributed by atoms with Gasteiger partial charge >= 0.3 is 0 Å². The third-order valence-electron chi connectivity index (χ3n) is 10.1. The summed E-state index contributed by atoms with van der Waals surface area (Å²) in [7, 11) is 1.18. The van der Waals surface area contributed by atoms with Crippen molar-refractivity contribution in [1.82, 2.24) is 25.4 Å². The average molecular weight is 726 g/mol. The van der Waals surface area contributed by atoms with E-state index in [0.29, 0.717) is 29.3 Å². The third kappa shape index (κ3) is 8.69. The summed E-state index contributed by atoms with van der Waals surface area (Å²) in [6.45, 7) is 11.8. The Bertz CT molecular complexity index is 1680. The van der Waals surface area contributed by atoms with Gasteiger partial charge < -0.3 is 34.4 Å². The van der Waals surface area contributed by atoms with Crippen molar-refractivity contribution in [3.8, 4) is 17.4 Å². The van der Waals surface area contributed by atoms with Crippen molar-refractivity contribution >= 4 is 44.7 Å². The van der Waals surface area contributed by atoms with Crippen LogP contribution in [0.5, 0.6) is 17.4 Å². The summed E-state index contributed by atoms with van der Waals surface area (Å²) in [5.74, 6) is 0.327. The number of hydroxylamine groups is 1. The van der Waals surface area contributed by atoms with Gasteiger partial charge in [0.2, 0.25) is 17.7 Å². The molecule has 0 bridgehead atoms. The number of nitrogens with zero attached hydrogens (tertiary/aromatic N) is 2. The van der Waals surface area contributed by atoms with E-state index in [2.05, 4.69) is 41.4 Å². The fraction of sp³-hybridized carbons (Fsp3) is 0.605. The molecule has 3 aliphatic rings. The van der Waals surface area contributed by atoms with Crippen molar-refractivity contribution in [2.75, 3.05) is 20.2 Å². The molecule has 2 aromatic rings. The Morgan fingerprint density at radius 1 is 1.20 bits per heavy atom. The quantitative estimate of drug-likeness (QED) is 0.0732. The number of aryl methyl sites for hydroxylation is 1. The maximum Gasteiger partial charge on any atom is 0.255 e. The Labute approximate surface area is 304 Å². The van der Waals surface area contributed by atoms with Crippen molar-refractivity contribution in [2.45, 2.75) is 121 Å². The van der Waals surface area contributed by atoms with Crippen LogP contribution in [0, 0.1) is 12.8 Å². The molecule has 1 saturated heterocycles. The highest BCUT2D eigenvalue weighted by Crippen LogP contribution is 2.52. The first-order valence-electron chi connectivity index (χ1n) is 18.2. The number of ether oxygens (including phenoxy) is 3. The summed E-state index contributed by atoms with van der Waals surface area (Å²) in [6.07, 6.45) is 10.5. The largest absolute Gasteiger partial charge is 0.496 e. The van der Waals surface area contributed by atoms with E-state index in [1.807, 2.05) is 45.3 Å². The van der Waals surface area contributed by atoms with Gasteiger partial charge in [0.25, 0.3) is 5.91 Å². The van der Waals surface area contributed by atoms with Crippen LogP contribution >= 0.6 is 10.7 Å². The van der Waals surface area contributed by atoms with Gasteiger partial charge in [0.15, 0.2) is 0 Å². The number of benzene rings is 1. The first kappa shape index (κ1) is 38.5. The van der Waals surface area contributed by atoms with E-state index in [4.69, 9.17) is 19.2 Å². The molecule has 3 amide bonds. The minimum atomic E-state index is -1.11. The summed E-state index contributed by atoms with van der Waals surface area (Å²) in [5, 5.41) is 15.3. The summed E-state index contributed by atoms with van der Waals surface area (Å²) < 4.78 is 21.4. The molecule has 280 valence electrons. The van der Waals surface area contributed by atoms with Gasteiger partial charge in [0, 0.05) is 34.1 Å². The number of rotatable bonds is 17. The van der Waals surface area contributed by atoms with E-state index in [1.165, 1.54) is 4.90 Å². The maximum atomic E-state index is 14.3. The predicted octanol–water partition coefficient (Wildman–Crippen LogP) is 5.35. The lowest BCUT2D eigenvalue weighted by Crippen LogP contribution is -2.55. The Morgan fingerprint density at radius 2 is 1.96 bits per heavy atom. The van der Waals surface area contributed by atoms with Crippen LogP contribution in [0.2, 0.25) is 0 Å². The zero-order chi connectivity index (χ0) is 36.9. The van der Waals surface area contributed by atoms with Crippen molar-refractivity contribution < 1.29 is 33.8 Å². The molecule has 0 radical (unpaired) electrons. The van der Waals surface area contributed by atoms with Crippen molar-refractivity contribution in [1.29, 1.82) is 0 Å². The number of nitrogens with one attached hydrogen (secondary N) is 3. The second kappa shape index (κ2) is 16.3. The van der Waals surface area contributed by atoms with E-state index in [0.717, 1.165) is 49.5 Å². The number of carbonyl (C=O) groups is 3. The molecule has 5 rings (SSSR count). The van der Waals surface area contributed by atoms with Crippen LogP contribution in [0.4, 0.5) is 0 Å². The lowest BCUT2D eigenvalue weighted by molar-refractivity contribution is -0.140. The first-order valence-corrected chi connectivity index (χ1v) is 19.5. The van der Waals surface area contributed by atoms with Gasteiger partial charge in [0.05, 0.1) is 31.8 Å². The van der Waals surface area contributed by atoms with E-state index in [1.54, 1.807) is 13.2 Å². The first-order chi connectivity index (χ1) is 24.4. The van der Waals surface area contributed by atoms with Crippen LogP contribution in [0.25, 0.3) is 10.9 Å². The van der Waals surface area contributed by atoms with Gasteiger partial charge in [-0.05, 0) is 84.2 Å². The second-order valence-electron chi connectivity index (χ2n) is 14.4. The molecule has 1 aromatic carbocycles. The van der Waals surface area contributed by atoms with Gasteiger partial charge in [-0.15, -0.1) is 0 Å². The molecule has 3 fully saturated rings. The second-order valence-corrected chi connectivity index (χ2v) is 16.8. The molecule has 1 aliphatic heterocycles. The lowest BCUT2D eigenvalue weighted by atomic mass is 10.1. The Kier molecular flexibility index (Phi) is 12.3. The van der Waals surface area contributed by atoms with Crippen LogP contribution in [-0.4, -0.2) is 86.9 Å². The monoisotopic (exact) mass is 725 g/mol. The minimum Gasteiger partial charge on any atom is -0.496 e. The number of likely N-dealkylation sites (tertiary alicyclic amines) is 1. The van der Waals surface area contributed by atoms with Crippen LogP contribution in [-0.2, 0) is 14.4 Å². The zero-order valence-corrected chi connectivity index (χ0v) is 31.9. The summed E-state index contributed by atoms with van der Waals surface area (Å²) in [4.78, 5) is 47.8. The van der Waals surface area contributed by atoms with Gasteiger partial charge in [0.1, 0.15) is 29.2 Å². The summed E-state index contributed by atoms with van der Waals surface area (Å²) in [6, 6.07) is 4.53. The smallest absolute Gasteiger partial charge is 0.255 e. The molecule has 4 unspecified atom stereocenters. The molecule has 1 aromatic heterocycles. The molecule has 12 nitrogen and oxygen atoms in total. The summed E-state index contributed by atoms with van der Waals surface area (Å²) in [5.41, 5.74) is 2.30. The third-order valence-corrected chi connectivity index (χ3v) is 12.5. The van der Waals surface area contributed by atoms with Gasteiger partial charge in [-0.1, -0.05) is 42.6 Å². The highest BCUT2D eigenvalue weighted by Gasteiger charge is 2.61. The Hall–Kier alpha value is -3.68. The number of methoxy groups -OCH3 is 1. The molecular weight excluding hydrogens is 671 g/mol. The van der Waals surface area contributed by atoms with Crippen molar-refractivity contribution in [3.05, 3.63) is 35.9 Å². The standard InChI is InChI=1S/C38H55N5O7S/c1-8-10-11-12-13-14-26-21-38(26,36(46)42-51(9-2)37(6)17-18-37)41-35(45)29-19-27(23-43(29)33(44)22-39-47)50-31-20-32(49-24(3)4)40-34-25(5)30(48-7)16-15-28(31)34/h9,13-16,20,24,26-27,29,39,47H,8,10-12,17-19,21-23H2,1-7H3,(H,41,45)(H,42,46)/b14-13-/t26?,27?,29-,38?,51?/m0/s1. The van der Waals surface area contributed by atoms with Crippen LogP contribution < -0.4 is 29.7 Å². The number of amides is 3. The fourth-order valence-corrected chi connectivity index (χ4v) is 8.70. The Balaban J connectivity index is 1.40. The molecular formula is C38H55N5O7S. The van der Waals surface area contributed by atoms with Gasteiger partial charge in [-0.2, -0.15) is 5.48 Å². The molecule has 4 N–H and O–H groups in total.